The first-order valence-corrected chi connectivity index (χ1v) is 4.99. The lowest BCUT2D eigenvalue weighted by Crippen LogP contribution is -2.21. The molecule has 0 amide bonds. The average molecular weight is 223 g/mol. The standard InChI is InChI=1S/C10H13N3O3/c14-5-3-8(15)10(16)7-6-11-9-2-1-4-12-13(7)9/h1-2,4,6,8,10,14-16H,3,5H2. The second kappa shape index (κ2) is 4.56. The number of nitrogens with zero attached hydrogens (tertiary/aromatic N) is 3. The minimum Gasteiger partial charge on any atom is -0.396 e. The Balaban J connectivity index is 2.32. The summed E-state index contributed by atoms with van der Waals surface area (Å²) in [6.45, 7) is -0.178. The molecule has 0 radical (unpaired) electrons. The van der Waals surface area contributed by atoms with Crippen molar-refractivity contribution in [2.75, 3.05) is 6.61 Å². The molecule has 0 aromatic carbocycles. The van der Waals surface area contributed by atoms with Crippen LogP contribution in [0.2, 0.25) is 0 Å². The van der Waals surface area contributed by atoms with Crippen LogP contribution in [0, 0.1) is 0 Å². The minimum atomic E-state index is -1.10. The van der Waals surface area contributed by atoms with E-state index in [-0.39, 0.29) is 13.0 Å². The van der Waals surface area contributed by atoms with Crippen LogP contribution in [0.3, 0.4) is 0 Å². The van der Waals surface area contributed by atoms with Crippen molar-refractivity contribution in [3.63, 3.8) is 0 Å². The zero-order valence-electron chi connectivity index (χ0n) is 8.56. The highest BCUT2D eigenvalue weighted by atomic mass is 16.3. The van der Waals surface area contributed by atoms with Crippen LogP contribution < -0.4 is 0 Å². The fourth-order valence-electron chi connectivity index (χ4n) is 1.54. The molecule has 2 unspecified atom stereocenters. The van der Waals surface area contributed by atoms with Gasteiger partial charge in [0.05, 0.1) is 18.0 Å². The molecule has 2 atom stereocenters. The summed E-state index contributed by atoms with van der Waals surface area (Å²) in [5.74, 6) is 0. The average Bonchev–Trinajstić information content (AvgIpc) is 2.72. The van der Waals surface area contributed by atoms with Crippen LogP contribution in [0.25, 0.3) is 5.65 Å². The van der Waals surface area contributed by atoms with Crippen LogP contribution in [0.15, 0.2) is 24.5 Å². The molecule has 2 aromatic heterocycles. The molecule has 86 valence electrons. The Morgan fingerprint density at radius 3 is 2.94 bits per heavy atom. The summed E-state index contributed by atoms with van der Waals surface area (Å²) >= 11 is 0. The Labute approximate surface area is 91.8 Å². The normalized spacial score (nSPS) is 15.2. The maximum absolute atomic E-state index is 9.85. The van der Waals surface area contributed by atoms with E-state index in [0.29, 0.717) is 11.3 Å². The third-order valence-electron chi connectivity index (χ3n) is 2.40. The Hall–Kier alpha value is -1.50. The summed E-state index contributed by atoms with van der Waals surface area (Å²) in [5.41, 5.74) is 1.02. The molecule has 0 aliphatic rings. The van der Waals surface area contributed by atoms with E-state index in [1.54, 1.807) is 18.3 Å². The molecule has 2 heterocycles. The Kier molecular flexibility index (Phi) is 3.14. The number of fused-ring (bicyclic) bond motifs is 1. The number of aromatic nitrogens is 3. The van der Waals surface area contributed by atoms with Crippen LogP contribution >= 0.6 is 0 Å². The maximum atomic E-state index is 9.85. The molecule has 2 rings (SSSR count). The van der Waals surface area contributed by atoms with E-state index in [4.69, 9.17) is 5.11 Å². The Morgan fingerprint density at radius 2 is 2.19 bits per heavy atom. The smallest absolute Gasteiger partial charge is 0.153 e. The molecule has 0 bridgehead atoms. The lowest BCUT2D eigenvalue weighted by atomic mass is 10.1. The maximum Gasteiger partial charge on any atom is 0.153 e. The molecule has 6 heteroatoms. The zero-order valence-corrected chi connectivity index (χ0v) is 8.56. The molecule has 6 nitrogen and oxygen atoms in total. The van der Waals surface area contributed by atoms with Crippen LogP contribution in [0.4, 0.5) is 0 Å². The monoisotopic (exact) mass is 223 g/mol. The molecule has 0 saturated carbocycles. The fourth-order valence-corrected chi connectivity index (χ4v) is 1.54. The molecule has 0 aliphatic carbocycles. The fraction of sp³-hybridized carbons (Fsp3) is 0.400. The molecule has 3 N–H and O–H groups in total. The predicted octanol–water partition coefficient (Wildman–Crippen LogP) is -0.494. The number of imidazole rings is 1. The predicted molar refractivity (Wildman–Crippen MR) is 55.7 cm³/mol. The van der Waals surface area contributed by atoms with Crippen molar-refractivity contribution >= 4 is 5.65 Å². The first kappa shape index (κ1) is 11.0. The highest BCUT2D eigenvalue weighted by molar-refractivity contribution is 5.38. The summed E-state index contributed by atoms with van der Waals surface area (Å²) < 4.78 is 1.46. The van der Waals surface area contributed by atoms with Gasteiger partial charge >= 0.3 is 0 Å². The van der Waals surface area contributed by atoms with Crippen molar-refractivity contribution in [2.45, 2.75) is 18.6 Å². The number of aliphatic hydroxyl groups excluding tert-OH is 3. The van der Waals surface area contributed by atoms with E-state index in [1.165, 1.54) is 10.7 Å². The summed E-state index contributed by atoms with van der Waals surface area (Å²) in [7, 11) is 0. The largest absolute Gasteiger partial charge is 0.396 e. The molecule has 16 heavy (non-hydrogen) atoms. The van der Waals surface area contributed by atoms with Gasteiger partial charge in [-0.05, 0) is 18.6 Å². The van der Waals surface area contributed by atoms with Crippen molar-refractivity contribution in [3.05, 3.63) is 30.2 Å². The number of rotatable bonds is 4. The lowest BCUT2D eigenvalue weighted by molar-refractivity contribution is 0.000967. The van der Waals surface area contributed by atoms with Crippen LogP contribution in [0.5, 0.6) is 0 Å². The molecule has 0 spiro atoms. The van der Waals surface area contributed by atoms with Gasteiger partial charge in [-0.25, -0.2) is 9.50 Å². The van der Waals surface area contributed by atoms with Gasteiger partial charge in [-0.2, -0.15) is 5.10 Å². The van der Waals surface area contributed by atoms with Gasteiger partial charge in [-0.15, -0.1) is 0 Å². The van der Waals surface area contributed by atoms with Crippen molar-refractivity contribution < 1.29 is 15.3 Å². The van der Waals surface area contributed by atoms with E-state index in [0.717, 1.165) is 0 Å². The highest BCUT2D eigenvalue weighted by Crippen LogP contribution is 2.18. The SMILES string of the molecule is OCCC(O)C(O)c1cnc2cccnn12. The van der Waals surface area contributed by atoms with Crippen molar-refractivity contribution in [2.24, 2.45) is 0 Å². The molecule has 0 fully saturated rings. The summed E-state index contributed by atoms with van der Waals surface area (Å²) in [6, 6.07) is 3.49. The summed E-state index contributed by atoms with van der Waals surface area (Å²) in [5, 5.41) is 32.1. The summed E-state index contributed by atoms with van der Waals surface area (Å²) in [6.07, 6.45) is 1.03. The minimum absolute atomic E-state index is 0.112. The van der Waals surface area contributed by atoms with Crippen molar-refractivity contribution in [3.8, 4) is 0 Å². The zero-order chi connectivity index (χ0) is 11.5. The Morgan fingerprint density at radius 1 is 1.38 bits per heavy atom. The van der Waals surface area contributed by atoms with Gasteiger partial charge in [0.2, 0.25) is 0 Å². The van der Waals surface area contributed by atoms with Crippen molar-refractivity contribution in [1.82, 2.24) is 14.6 Å². The lowest BCUT2D eigenvalue weighted by Gasteiger charge is -2.15. The molecule has 0 saturated heterocycles. The molecule has 0 aliphatic heterocycles. The van der Waals surface area contributed by atoms with E-state index in [9.17, 15) is 10.2 Å². The Bertz CT molecular complexity index is 471. The topological polar surface area (TPSA) is 90.9 Å². The van der Waals surface area contributed by atoms with Gasteiger partial charge in [0.25, 0.3) is 0 Å². The highest BCUT2D eigenvalue weighted by Gasteiger charge is 2.21. The van der Waals surface area contributed by atoms with E-state index in [2.05, 4.69) is 10.1 Å². The van der Waals surface area contributed by atoms with Crippen molar-refractivity contribution in [1.29, 1.82) is 0 Å². The number of hydrogen-bond acceptors (Lipinski definition) is 5. The second-order valence-electron chi connectivity index (χ2n) is 3.50. The van der Waals surface area contributed by atoms with Crippen LogP contribution in [-0.2, 0) is 0 Å². The first-order valence-electron chi connectivity index (χ1n) is 4.99. The summed E-state index contributed by atoms with van der Waals surface area (Å²) in [4.78, 5) is 4.05. The van der Waals surface area contributed by atoms with Crippen LogP contribution in [0.1, 0.15) is 18.2 Å². The third kappa shape index (κ3) is 1.90. The van der Waals surface area contributed by atoms with Gasteiger partial charge < -0.3 is 15.3 Å². The van der Waals surface area contributed by atoms with E-state index < -0.39 is 12.2 Å². The van der Waals surface area contributed by atoms with Gasteiger partial charge in [0, 0.05) is 12.8 Å². The molecular formula is C10H13N3O3. The van der Waals surface area contributed by atoms with Gasteiger partial charge in [0.1, 0.15) is 6.10 Å². The first-order chi connectivity index (χ1) is 7.74. The van der Waals surface area contributed by atoms with Gasteiger partial charge in [-0.3, -0.25) is 0 Å². The quantitative estimate of drug-likeness (QED) is 0.650. The number of aliphatic hydroxyl groups is 3. The number of hydrogen-bond donors (Lipinski definition) is 3. The molecule has 2 aromatic rings. The molecular weight excluding hydrogens is 210 g/mol. The van der Waals surface area contributed by atoms with Gasteiger partial charge in [-0.1, -0.05) is 0 Å². The van der Waals surface area contributed by atoms with E-state index >= 15 is 0 Å². The van der Waals surface area contributed by atoms with Gasteiger partial charge in [0.15, 0.2) is 5.65 Å². The second-order valence-corrected chi connectivity index (χ2v) is 3.50. The van der Waals surface area contributed by atoms with Crippen LogP contribution in [-0.4, -0.2) is 42.6 Å². The third-order valence-corrected chi connectivity index (χ3v) is 2.40. The van der Waals surface area contributed by atoms with E-state index in [1.807, 2.05) is 0 Å².